The van der Waals surface area contributed by atoms with E-state index in [4.69, 9.17) is 4.74 Å². The third-order valence-corrected chi connectivity index (χ3v) is 5.08. The van der Waals surface area contributed by atoms with Gasteiger partial charge in [-0.05, 0) is 36.6 Å². The molecule has 1 heterocycles. The minimum atomic E-state index is -0.510. The average Bonchev–Trinajstić information content (AvgIpc) is 3.10. The highest BCUT2D eigenvalue weighted by Gasteiger charge is 2.37. The molecule has 0 saturated carbocycles. The number of hydrogen-bond donors (Lipinski definition) is 1. The summed E-state index contributed by atoms with van der Waals surface area (Å²) < 4.78 is 4.81. The average molecular weight is 380 g/mol. The molecule has 2 aromatic rings. The van der Waals surface area contributed by atoms with Crippen molar-refractivity contribution in [3.05, 3.63) is 59.2 Å². The second-order valence-corrected chi connectivity index (χ2v) is 6.87. The number of ether oxygens (including phenoxy) is 1. The van der Waals surface area contributed by atoms with Gasteiger partial charge in [-0.3, -0.25) is 9.59 Å². The van der Waals surface area contributed by atoms with E-state index in [2.05, 4.69) is 5.32 Å². The Balaban J connectivity index is 1.81. The summed E-state index contributed by atoms with van der Waals surface area (Å²) in [7, 11) is 1.30. The first kappa shape index (κ1) is 19.6. The Hall–Kier alpha value is -3.15. The molecule has 0 radical (unpaired) electrons. The van der Waals surface area contributed by atoms with Gasteiger partial charge in [0.1, 0.15) is 0 Å². The zero-order chi connectivity index (χ0) is 20.3. The highest BCUT2D eigenvalue weighted by atomic mass is 16.5. The Kier molecular flexibility index (Phi) is 5.78. The number of esters is 1. The highest BCUT2D eigenvalue weighted by molar-refractivity contribution is 6.07. The number of carbonyl (C=O) groups excluding carboxylic acids is 3. The molecule has 0 aromatic heterocycles. The molecule has 28 heavy (non-hydrogen) atoms. The number of carbonyl (C=O) groups is 3. The van der Waals surface area contributed by atoms with Crippen LogP contribution < -0.4 is 10.2 Å². The van der Waals surface area contributed by atoms with Gasteiger partial charge in [-0.25, -0.2) is 4.79 Å². The lowest BCUT2D eigenvalue weighted by Gasteiger charge is -2.20. The van der Waals surface area contributed by atoms with Crippen molar-refractivity contribution in [2.24, 2.45) is 5.92 Å². The lowest BCUT2D eigenvalue weighted by atomic mass is 10.0. The van der Waals surface area contributed by atoms with Gasteiger partial charge in [-0.15, -0.1) is 0 Å². The van der Waals surface area contributed by atoms with Crippen molar-refractivity contribution >= 4 is 29.2 Å². The van der Waals surface area contributed by atoms with E-state index >= 15 is 0 Å². The maximum Gasteiger partial charge on any atom is 0.339 e. The fraction of sp³-hybridized carbons (Fsp3) is 0.318. The minimum absolute atomic E-state index is 0.106. The lowest BCUT2D eigenvalue weighted by Crippen LogP contribution is -2.29. The van der Waals surface area contributed by atoms with E-state index in [9.17, 15) is 14.4 Å². The van der Waals surface area contributed by atoms with E-state index in [1.165, 1.54) is 12.0 Å². The third-order valence-electron chi connectivity index (χ3n) is 5.08. The van der Waals surface area contributed by atoms with Crippen molar-refractivity contribution in [2.45, 2.75) is 26.7 Å². The molecular formula is C22H24N2O4. The molecule has 6 nitrogen and oxygen atoms in total. The van der Waals surface area contributed by atoms with Crippen molar-refractivity contribution in [1.82, 2.24) is 0 Å². The summed E-state index contributed by atoms with van der Waals surface area (Å²) in [4.78, 5) is 39.0. The van der Waals surface area contributed by atoms with Gasteiger partial charge in [0.2, 0.25) is 11.8 Å². The molecule has 0 bridgehead atoms. The van der Waals surface area contributed by atoms with Crippen molar-refractivity contribution in [2.75, 3.05) is 23.9 Å². The molecular weight excluding hydrogens is 356 g/mol. The van der Waals surface area contributed by atoms with Crippen LogP contribution in [0.5, 0.6) is 0 Å². The molecule has 6 heteroatoms. The van der Waals surface area contributed by atoms with Gasteiger partial charge >= 0.3 is 5.97 Å². The number of methoxy groups -OCH3 is 1. The van der Waals surface area contributed by atoms with Crippen LogP contribution >= 0.6 is 0 Å². The first-order chi connectivity index (χ1) is 13.5. The number of para-hydroxylation sites is 2. The number of rotatable bonds is 5. The van der Waals surface area contributed by atoms with Gasteiger partial charge in [0.25, 0.3) is 0 Å². The van der Waals surface area contributed by atoms with E-state index in [1.807, 2.05) is 32.0 Å². The molecule has 1 atom stereocenters. The van der Waals surface area contributed by atoms with Crippen LogP contribution in [-0.4, -0.2) is 31.4 Å². The molecule has 2 amide bonds. The fourth-order valence-corrected chi connectivity index (χ4v) is 3.53. The molecule has 146 valence electrons. The van der Waals surface area contributed by atoms with E-state index in [-0.39, 0.29) is 24.8 Å². The number of amides is 2. The van der Waals surface area contributed by atoms with Crippen LogP contribution in [0.15, 0.2) is 42.5 Å². The molecule has 1 saturated heterocycles. The fourth-order valence-electron chi connectivity index (χ4n) is 3.53. The van der Waals surface area contributed by atoms with Crippen molar-refractivity contribution in [3.63, 3.8) is 0 Å². The van der Waals surface area contributed by atoms with Crippen molar-refractivity contribution in [3.8, 4) is 0 Å². The van der Waals surface area contributed by atoms with Crippen molar-refractivity contribution < 1.29 is 19.1 Å². The molecule has 1 fully saturated rings. The largest absolute Gasteiger partial charge is 0.465 e. The van der Waals surface area contributed by atoms with Crippen LogP contribution in [0.2, 0.25) is 0 Å². The van der Waals surface area contributed by atoms with Gasteiger partial charge < -0.3 is 15.0 Å². The molecule has 1 aliphatic rings. The maximum absolute atomic E-state index is 12.9. The summed E-state index contributed by atoms with van der Waals surface area (Å²) in [6.07, 6.45) is 0.911. The first-order valence-corrected chi connectivity index (χ1v) is 9.33. The topological polar surface area (TPSA) is 75.7 Å². The summed E-state index contributed by atoms with van der Waals surface area (Å²) >= 11 is 0. The quantitative estimate of drug-likeness (QED) is 0.808. The molecule has 1 N–H and O–H groups in total. The highest BCUT2D eigenvalue weighted by Crippen LogP contribution is 2.30. The summed E-state index contributed by atoms with van der Waals surface area (Å²) in [5.74, 6) is -1.36. The SMILES string of the molecule is CCc1cccc(C)c1NC(=O)C1CC(=O)N(c2ccccc2C(=O)OC)C1. The Labute approximate surface area is 164 Å². The number of nitrogens with zero attached hydrogens (tertiary/aromatic N) is 1. The predicted molar refractivity (Wildman–Crippen MR) is 107 cm³/mol. The third kappa shape index (κ3) is 3.76. The van der Waals surface area contributed by atoms with E-state index < -0.39 is 11.9 Å². The Bertz CT molecular complexity index is 923. The molecule has 1 unspecified atom stereocenters. The van der Waals surface area contributed by atoms with Gasteiger partial charge in [-0.1, -0.05) is 37.3 Å². The minimum Gasteiger partial charge on any atom is -0.465 e. The zero-order valence-electron chi connectivity index (χ0n) is 16.3. The lowest BCUT2D eigenvalue weighted by molar-refractivity contribution is -0.122. The molecule has 1 aliphatic heterocycles. The van der Waals surface area contributed by atoms with Gasteiger partial charge in [0.15, 0.2) is 0 Å². The zero-order valence-corrected chi connectivity index (χ0v) is 16.3. The van der Waals surface area contributed by atoms with Crippen LogP contribution in [0.1, 0.15) is 34.8 Å². The normalized spacial score (nSPS) is 16.2. The van der Waals surface area contributed by atoms with Crippen molar-refractivity contribution in [1.29, 1.82) is 0 Å². The second-order valence-electron chi connectivity index (χ2n) is 6.87. The first-order valence-electron chi connectivity index (χ1n) is 9.33. The predicted octanol–water partition coefficient (Wildman–Crippen LogP) is 3.34. The van der Waals surface area contributed by atoms with E-state index in [0.717, 1.165) is 23.2 Å². The summed E-state index contributed by atoms with van der Waals surface area (Å²) in [5, 5.41) is 3.00. The number of hydrogen-bond acceptors (Lipinski definition) is 4. The number of benzene rings is 2. The van der Waals surface area contributed by atoms with Gasteiger partial charge in [0.05, 0.1) is 24.3 Å². The van der Waals surface area contributed by atoms with Gasteiger partial charge in [-0.2, -0.15) is 0 Å². The molecule has 2 aromatic carbocycles. The Morgan fingerprint density at radius 3 is 2.64 bits per heavy atom. The molecule has 0 spiro atoms. The second kappa shape index (κ2) is 8.25. The summed E-state index contributed by atoms with van der Waals surface area (Å²) in [6, 6.07) is 12.7. The molecule has 0 aliphatic carbocycles. The van der Waals surface area contributed by atoms with Crippen LogP contribution in [0.4, 0.5) is 11.4 Å². The van der Waals surface area contributed by atoms with Crippen LogP contribution in [0.3, 0.4) is 0 Å². The Morgan fingerprint density at radius 2 is 1.93 bits per heavy atom. The van der Waals surface area contributed by atoms with E-state index in [0.29, 0.717) is 11.3 Å². The standard InChI is InChI=1S/C22H24N2O4/c1-4-15-9-7-8-14(2)20(15)23-21(26)16-12-19(25)24(13-16)18-11-6-5-10-17(18)22(27)28-3/h5-11,16H,4,12-13H2,1-3H3,(H,23,26). The number of aryl methyl sites for hydroxylation is 2. The number of nitrogens with one attached hydrogen (secondary N) is 1. The maximum atomic E-state index is 12.9. The summed E-state index contributed by atoms with van der Waals surface area (Å²) in [6.45, 7) is 4.22. The van der Waals surface area contributed by atoms with Gasteiger partial charge in [0, 0.05) is 18.7 Å². The summed E-state index contributed by atoms with van der Waals surface area (Å²) in [5.41, 5.74) is 3.65. The smallest absolute Gasteiger partial charge is 0.339 e. The number of anilines is 2. The monoisotopic (exact) mass is 380 g/mol. The Morgan fingerprint density at radius 1 is 1.18 bits per heavy atom. The van der Waals surface area contributed by atoms with Crippen LogP contribution in [0, 0.1) is 12.8 Å². The van der Waals surface area contributed by atoms with Crippen LogP contribution in [0.25, 0.3) is 0 Å². The van der Waals surface area contributed by atoms with E-state index in [1.54, 1.807) is 24.3 Å². The molecule has 3 rings (SSSR count). The van der Waals surface area contributed by atoms with Crippen LogP contribution in [-0.2, 0) is 20.7 Å².